The summed E-state index contributed by atoms with van der Waals surface area (Å²) < 4.78 is 4.74. The number of nitrogens with zero attached hydrogens (tertiary/aromatic N) is 1. The summed E-state index contributed by atoms with van der Waals surface area (Å²) in [5, 5.41) is 10.7. The van der Waals surface area contributed by atoms with Gasteiger partial charge in [-0.05, 0) is 120 Å². The van der Waals surface area contributed by atoms with Gasteiger partial charge in [-0.2, -0.15) is 0 Å². The summed E-state index contributed by atoms with van der Waals surface area (Å²) in [4.78, 5) is 78.1. The second-order valence-corrected chi connectivity index (χ2v) is 17.9. The van der Waals surface area contributed by atoms with Crippen molar-refractivity contribution in [2.45, 2.75) is 151 Å². The third-order valence-electron chi connectivity index (χ3n) is 10.1. The molecule has 3 aliphatic carbocycles. The molecule has 0 unspecified atom stereocenters. The molecule has 5 aliphatic rings. The van der Waals surface area contributed by atoms with Crippen molar-refractivity contribution >= 4 is 52.5 Å². The first-order valence-electron chi connectivity index (χ1n) is 21.5. The van der Waals surface area contributed by atoms with Crippen LogP contribution in [0.2, 0.25) is 0 Å². The van der Waals surface area contributed by atoms with Crippen molar-refractivity contribution in [3.05, 3.63) is 60.8 Å². The van der Waals surface area contributed by atoms with Gasteiger partial charge in [0.2, 0.25) is 11.1 Å². The number of allylic oxidation sites excluding steroid dienone is 3. The molecule has 3 amide bonds. The van der Waals surface area contributed by atoms with Crippen LogP contribution in [0.25, 0.3) is 0 Å². The summed E-state index contributed by atoms with van der Waals surface area (Å²) >= 11 is 5.11. The van der Waals surface area contributed by atoms with Gasteiger partial charge < -0.3 is 15.2 Å². The van der Waals surface area contributed by atoms with Gasteiger partial charge >= 0.3 is 17.9 Å². The molecule has 0 aromatic carbocycles. The summed E-state index contributed by atoms with van der Waals surface area (Å²) in [6.45, 7) is 11.8. The van der Waals surface area contributed by atoms with E-state index in [9.17, 15) is 33.6 Å². The minimum Gasteiger partial charge on any atom is -0.478 e. The maximum Gasteiger partial charge on any atom is 0.338 e. The van der Waals surface area contributed by atoms with Crippen LogP contribution in [-0.4, -0.2) is 64.0 Å². The van der Waals surface area contributed by atoms with E-state index < -0.39 is 23.3 Å². The Morgan fingerprint density at radius 3 is 1.47 bits per heavy atom. The normalized spacial score (nSPS) is 19.2. The molecule has 5 rings (SSSR count). The Hall–Kier alpha value is -4.12. The second-order valence-electron chi connectivity index (χ2n) is 17.6. The van der Waals surface area contributed by atoms with Gasteiger partial charge in [0.25, 0.3) is 11.8 Å². The molecule has 0 aromatic heterocycles. The number of hydrogen-bond acceptors (Lipinski definition) is 8. The van der Waals surface area contributed by atoms with Crippen LogP contribution >= 0.6 is 11.6 Å². The molecule has 3 fully saturated rings. The molecule has 0 spiro atoms. The molecule has 2 heterocycles. The summed E-state index contributed by atoms with van der Waals surface area (Å²) in [7, 11) is 0. The summed E-state index contributed by atoms with van der Waals surface area (Å²) in [6.07, 6.45) is 36.8. The molecule has 0 atom stereocenters. The summed E-state index contributed by atoms with van der Waals surface area (Å²) in [5.41, 5.74) is -1.00. The Balaban J connectivity index is 0.000000387. The first-order chi connectivity index (χ1) is 27.8. The monoisotopic (exact) mass is 842 g/mol. The maximum atomic E-state index is 11.8. The Morgan fingerprint density at radius 2 is 1.12 bits per heavy atom. The van der Waals surface area contributed by atoms with Gasteiger partial charge in [0, 0.05) is 30.7 Å². The fourth-order valence-electron chi connectivity index (χ4n) is 6.33. The predicted molar refractivity (Wildman–Crippen MR) is 233 cm³/mol. The van der Waals surface area contributed by atoms with Crippen molar-refractivity contribution in [1.82, 2.24) is 10.2 Å². The number of carbonyl (C=O) groups is 7. The molecule has 2 N–H and O–H groups in total. The molecular weight excluding hydrogens is 772 g/mol. The third kappa shape index (κ3) is 26.6. The SMILES string of the molecule is CC(C)(C)C(=O)Cl.CC(C)(C)C(=O)OC(=O)/C=C/C1CCCCC1.O=C(O)/C=C/C1CCCCC1.O=C1C=CCCN1.O=C1C=CCCN1C(=O)/C=C/C1CCCCC1. The first-order valence-corrected chi connectivity index (χ1v) is 21.9. The lowest BCUT2D eigenvalue weighted by Gasteiger charge is -2.21. The molecule has 0 aromatic rings. The summed E-state index contributed by atoms with van der Waals surface area (Å²) in [6, 6.07) is 0. The van der Waals surface area contributed by atoms with E-state index in [0.29, 0.717) is 24.3 Å². The fraction of sp³-hybridized carbons (Fsp3) is 0.638. The van der Waals surface area contributed by atoms with Gasteiger partial charge in [0.05, 0.1) is 5.41 Å². The van der Waals surface area contributed by atoms with Crippen LogP contribution in [0.15, 0.2) is 60.8 Å². The van der Waals surface area contributed by atoms with Gasteiger partial charge in [0.1, 0.15) is 0 Å². The van der Waals surface area contributed by atoms with E-state index in [1.165, 1.54) is 107 Å². The third-order valence-corrected chi connectivity index (χ3v) is 10.6. The zero-order valence-corrected chi connectivity index (χ0v) is 37.2. The molecule has 2 aliphatic heterocycles. The van der Waals surface area contributed by atoms with Crippen LogP contribution in [0.3, 0.4) is 0 Å². The molecule has 12 heteroatoms. The number of amides is 3. The van der Waals surface area contributed by atoms with Gasteiger partial charge in [-0.25, -0.2) is 9.59 Å². The quantitative estimate of drug-likeness (QED) is 0.115. The van der Waals surface area contributed by atoms with Crippen molar-refractivity contribution in [2.24, 2.45) is 28.6 Å². The average Bonchev–Trinajstić information content (AvgIpc) is 3.20. The molecule has 0 saturated heterocycles. The number of carboxylic acids is 1. The van der Waals surface area contributed by atoms with Crippen LogP contribution in [0.1, 0.15) is 151 Å². The number of rotatable bonds is 6. The number of nitrogens with one attached hydrogen (secondary N) is 1. The number of halogens is 1. The lowest BCUT2D eigenvalue weighted by Crippen LogP contribution is -2.37. The van der Waals surface area contributed by atoms with E-state index in [-0.39, 0.29) is 28.4 Å². The Bertz CT molecular complexity index is 1500. The Labute approximate surface area is 358 Å². The van der Waals surface area contributed by atoms with Crippen LogP contribution in [0.4, 0.5) is 0 Å². The predicted octanol–water partition coefficient (Wildman–Crippen LogP) is 9.74. The number of carboxylic acid groups (broad SMARTS) is 1. The molecular formula is C47H71ClN2O9. The van der Waals surface area contributed by atoms with Crippen molar-refractivity contribution in [2.75, 3.05) is 13.1 Å². The van der Waals surface area contributed by atoms with Crippen LogP contribution in [0, 0.1) is 28.6 Å². The lowest BCUT2D eigenvalue weighted by atomic mass is 9.89. The highest BCUT2D eigenvalue weighted by Crippen LogP contribution is 2.26. The van der Waals surface area contributed by atoms with Gasteiger partial charge in [-0.3, -0.25) is 28.9 Å². The second kappa shape index (κ2) is 29.2. The number of carbonyl (C=O) groups excluding carboxylic acids is 6. The maximum absolute atomic E-state index is 11.8. The van der Waals surface area contributed by atoms with Crippen molar-refractivity contribution < 1.29 is 43.4 Å². The van der Waals surface area contributed by atoms with E-state index in [0.717, 1.165) is 32.2 Å². The molecule has 11 nitrogen and oxygen atoms in total. The number of ether oxygens (including phenoxy) is 1. The van der Waals surface area contributed by atoms with E-state index in [2.05, 4.69) is 5.32 Å². The van der Waals surface area contributed by atoms with Crippen LogP contribution in [0.5, 0.6) is 0 Å². The van der Waals surface area contributed by atoms with E-state index in [1.807, 2.05) is 30.4 Å². The van der Waals surface area contributed by atoms with E-state index in [1.54, 1.807) is 53.7 Å². The standard InChI is InChI=1S/C14H19NO2.C14H22O3.C9H14O2.C5H9ClO.C5H7NO/c16-13-8-4-5-11-15(13)14(17)10-9-12-6-2-1-3-7-12;1-14(2,3)13(16)17-12(15)10-9-11-7-5-4-6-8-11;10-9(11)7-6-8-4-2-1-3-5-8;1-5(2,3)4(6)7;7-5-3-1-2-4-6-5/h4,8-10,12H,1-3,5-7,11H2;9-11H,4-8H2,1-3H3;6-8H,1-5H2,(H,10,11);1-3H3;1,3H,2,4H2,(H,6,7)/b2*10-9+;7-6+;;. The molecule has 3 saturated carbocycles. The van der Waals surface area contributed by atoms with Crippen LogP contribution in [-0.2, 0) is 38.3 Å². The largest absolute Gasteiger partial charge is 0.478 e. The smallest absolute Gasteiger partial charge is 0.338 e. The highest BCUT2D eigenvalue weighted by molar-refractivity contribution is 6.64. The van der Waals surface area contributed by atoms with Crippen LogP contribution < -0.4 is 5.32 Å². The van der Waals surface area contributed by atoms with Crippen molar-refractivity contribution in [3.8, 4) is 0 Å². The van der Waals surface area contributed by atoms with Gasteiger partial charge in [-0.1, -0.05) is 109 Å². The fourth-order valence-corrected chi connectivity index (χ4v) is 6.33. The number of aliphatic carboxylic acids is 1. The van der Waals surface area contributed by atoms with Gasteiger partial charge in [-0.15, -0.1) is 0 Å². The minimum absolute atomic E-state index is 0.0336. The zero-order valence-electron chi connectivity index (χ0n) is 36.5. The summed E-state index contributed by atoms with van der Waals surface area (Å²) in [5.74, 6) is -0.628. The number of esters is 2. The highest BCUT2D eigenvalue weighted by atomic mass is 35.5. The molecule has 330 valence electrons. The topological polar surface area (TPSA) is 164 Å². The minimum atomic E-state index is -0.824. The average molecular weight is 844 g/mol. The molecule has 59 heavy (non-hydrogen) atoms. The number of hydrogen-bond donors (Lipinski definition) is 2. The van der Waals surface area contributed by atoms with Gasteiger partial charge in [0.15, 0.2) is 0 Å². The molecule has 0 bridgehead atoms. The lowest BCUT2D eigenvalue weighted by molar-refractivity contribution is -0.162. The first kappa shape index (κ1) is 52.9. The Morgan fingerprint density at radius 1 is 0.678 bits per heavy atom. The highest BCUT2D eigenvalue weighted by Gasteiger charge is 2.25. The molecule has 0 radical (unpaired) electrons. The zero-order chi connectivity index (χ0) is 44.3. The van der Waals surface area contributed by atoms with Crippen molar-refractivity contribution in [1.29, 1.82) is 0 Å². The van der Waals surface area contributed by atoms with E-state index in [4.69, 9.17) is 21.4 Å². The number of imide groups is 1. The van der Waals surface area contributed by atoms with E-state index >= 15 is 0 Å². The van der Waals surface area contributed by atoms with Crippen molar-refractivity contribution in [3.63, 3.8) is 0 Å². The Kier molecular flexibility index (Phi) is 26.1.